The summed E-state index contributed by atoms with van der Waals surface area (Å²) in [6.07, 6.45) is 7.25. The first-order valence-corrected chi connectivity index (χ1v) is 11.0. The third-order valence-corrected chi connectivity index (χ3v) is 5.44. The number of piperidine rings is 1. The number of ketones is 1. The molecule has 2 aromatic carbocycles. The first kappa shape index (κ1) is 22.1. The Bertz CT molecular complexity index is 845. The van der Waals surface area contributed by atoms with Crippen molar-refractivity contribution in [1.29, 1.82) is 0 Å². The summed E-state index contributed by atoms with van der Waals surface area (Å²) in [5.74, 6) is 1.70. The summed E-state index contributed by atoms with van der Waals surface area (Å²) in [4.78, 5) is 14.8. The molecule has 4 heteroatoms. The number of nitrogens with zero attached hydrogens (tertiary/aromatic N) is 1. The molecule has 0 radical (unpaired) electrons. The quantitative estimate of drug-likeness (QED) is 0.384. The van der Waals surface area contributed by atoms with Crippen LogP contribution in [0.2, 0.25) is 0 Å². The van der Waals surface area contributed by atoms with Crippen molar-refractivity contribution in [3.05, 3.63) is 65.2 Å². The Balaban J connectivity index is 1.65. The van der Waals surface area contributed by atoms with Gasteiger partial charge in [0.15, 0.2) is 17.3 Å². The number of hydrogen-bond donors (Lipinski definition) is 0. The summed E-state index contributed by atoms with van der Waals surface area (Å²) < 4.78 is 11.4. The lowest BCUT2D eigenvalue weighted by molar-refractivity contribution is -0.117. The Labute approximate surface area is 180 Å². The van der Waals surface area contributed by atoms with Gasteiger partial charge in [0.1, 0.15) is 0 Å². The maximum Gasteiger partial charge on any atom is 0.161 e. The molecule has 0 spiro atoms. The Kier molecular flexibility index (Phi) is 8.52. The lowest BCUT2D eigenvalue weighted by atomic mass is 9.99. The molecule has 0 N–H and O–H groups in total. The van der Waals surface area contributed by atoms with E-state index < -0.39 is 0 Å². The zero-order valence-corrected chi connectivity index (χ0v) is 18.2. The average molecular weight is 408 g/mol. The van der Waals surface area contributed by atoms with Gasteiger partial charge in [0, 0.05) is 31.6 Å². The minimum Gasteiger partial charge on any atom is -0.493 e. The Hall–Kier alpha value is -2.59. The van der Waals surface area contributed by atoms with Gasteiger partial charge in [-0.1, -0.05) is 62.6 Å². The molecule has 0 amide bonds. The van der Waals surface area contributed by atoms with Gasteiger partial charge in [0.05, 0.1) is 13.7 Å². The highest BCUT2D eigenvalue weighted by molar-refractivity contribution is 6.00. The maximum atomic E-state index is 12.5. The van der Waals surface area contributed by atoms with Crippen molar-refractivity contribution in [3.63, 3.8) is 0 Å². The van der Waals surface area contributed by atoms with Gasteiger partial charge in [-0.15, -0.1) is 0 Å². The Morgan fingerprint density at radius 2 is 1.87 bits per heavy atom. The fraction of sp³-hybridized carbons (Fsp3) is 0.423. The second-order valence-electron chi connectivity index (χ2n) is 7.86. The van der Waals surface area contributed by atoms with Crippen molar-refractivity contribution >= 4 is 11.9 Å². The van der Waals surface area contributed by atoms with E-state index in [9.17, 15) is 4.79 Å². The standard InChI is InChI=1S/C26H33NO3/c1-3-4-5-9-16-30-25-13-12-22(18-26(25)29-2)17-23-20-27(15-14-24(23)28)19-21-10-7-6-8-11-21/h6-8,10-13,17-18H,3-5,9,14-16,19-20H2,1-2H3/b23-17+. The molecular weight excluding hydrogens is 374 g/mol. The molecule has 30 heavy (non-hydrogen) atoms. The van der Waals surface area contributed by atoms with Crippen LogP contribution in [0.15, 0.2) is 54.1 Å². The highest BCUT2D eigenvalue weighted by atomic mass is 16.5. The van der Waals surface area contributed by atoms with Gasteiger partial charge in [0.25, 0.3) is 0 Å². The second kappa shape index (κ2) is 11.6. The van der Waals surface area contributed by atoms with Crippen molar-refractivity contribution in [2.24, 2.45) is 0 Å². The van der Waals surface area contributed by atoms with Crippen LogP contribution in [-0.2, 0) is 11.3 Å². The van der Waals surface area contributed by atoms with E-state index in [1.807, 2.05) is 30.3 Å². The third kappa shape index (κ3) is 6.46. The number of benzene rings is 2. The number of rotatable bonds is 10. The van der Waals surface area contributed by atoms with Crippen molar-refractivity contribution in [2.45, 2.75) is 45.6 Å². The number of carbonyl (C=O) groups is 1. The average Bonchev–Trinajstić information content (AvgIpc) is 2.77. The Morgan fingerprint density at radius 3 is 2.63 bits per heavy atom. The van der Waals surface area contributed by atoms with E-state index in [0.29, 0.717) is 25.3 Å². The van der Waals surface area contributed by atoms with Crippen LogP contribution in [0.25, 0.3) is 6.08 Å². The van der Waals surface area contributed by atoms with Crippen molar-refractivity contribution in [2.75, 3.05) is 26.8 Å². The SMILES string of the molecule is CCCCCCOc1ccc(/C=C2\CN(Cc3ccccc3)CCC2=O)cc1OC. The molecule has 0 aromatic heterocycles. The van der Waals surface area contributed by atoms with E-state index in [2.05, 4.69) is 36.1 Å². The van der Waals surface area contributed by atoms with Crippen molar-refractivity contribution < 1.29 is 14.3 Å². The van der Waals surface area contributed by atoms with Crippen molar-refractivity contribution in [1.82, 2.24) is 4.90 Å². The molecule has 0 atom stereocenters. The van der Waals surface area contributed by atoms with Crippen LogP contribution in [0.4, 0.5) is 0 Å². The van der Waals surface area contributed by atoms with E-state index in [1.165, 1.54) is 24.8 Å². The minimum absolute atomic E-state index is 0.231. The molecule has 1 saturated heterocycles. The molecule has 0 aliphatic carbocycles. The molecular formula is C26H33NO3. The summed E-state index contributed by atoms with van der Waals surface area (Å²) >= 11 is 0. The van der Waals surface area contributed by atoms with E-state index in [4.69, 9.17) is 9.47 Å². The third-order valence-electron chi connectivity index (χ3n) is 5.44. The molecule has 0 saturated carbocycles. The molecule has 1 heterocycles. The van der Waals surface area contributed by atoms with Crippen LogP contribution in [0, 0.1) is 0 Å². The number of ether oxygens (including phenoxy) is 2. The molecule has 1 aliphatic rings. The summed E-state index contributed by atoms with van der Waals surface area (Å²) in [5.41, 5.74) is 3.09. The molecule has 1 aliphatic heterocycles. The number of hydrogen-bond acceptors (Lipinski definition) is 4. The van der Waals surface area contributed by atoms with Crippen LogP contribution in [-0.4, -0.2) is 37.5 Å². The lowest BCUT2D eigenvalue weighted by Crippen LogP contribution is -2.35. The molecule has 160 valence electrons. The summed E-state index contributed by atoms with van der Waals surface area (Å²) in [7, 11) is 1.66. The van der Waals surface area contributed by atoms with Gasteiger partial charge in [-0.25, -0.2) is 0 Å². The monoisotopic (exact) mass is 407 g/mol. The van der Waals surface area contributed by atoms with Gasteiger partial charge in [-0.2, -0.15) is 0 Å². The molecule has 3 rings (SSSR count). The van der Waals surface area contributed by atoms with E-state index in [1.54, 1.807) is 7.11 Å². The first-order chi connectivity index (χ1) is 14.7. The van der Waals surface area contributed by atoms with Crippen LogP contribution < -0.4 is 9.47 Å². The Morgan fingerprint density at radius 1 is 1.03 bits per heavy atom. The van der Waals surface area contributed by atoms with Crippen molar-refractivity contribution in [3.8, 4) is 11.5 Å². The topological polar surface area (TPSA) is 38.8 Å². The summed E-state index contributed by atoms with van der Waals surface area (Å²) in [6, 6.07) is 16.3. The fourth-order valence-electron chi connectivity index (χ4n) is 3.74. The summed E-state index contributed by atoms with van der Waals surface area (Å²) in [6.45, 7) is 5.24. The fourth-order valence-corrected chi connectivity index (χ4v) is 3.74. The highest BCUT2D eigenvalue weighted by Gasteiger charge is 2.21. The van der Waals surface area contributed by atoms with Gasteiger partial charge >= 0.3 is 0 Å². The highest BCUT2D eigenvalue weighted by Crippen LogP contribution is 2.30. The lowest BCUT2D eigenvalue weighted by Gasteiger charge is -2.28. The number of carbonyl (C=O) groups excluding carboxylic acids is 1. The second-order valence-corrected chi connectivity index (χ2v) is 7.86. The summed E-state index contributed by atoms with van der Waals surface area (Å²) in [5, 5.41) is 0. The number of unbranched alkanes of at least 4 members (excludes halogenated alkanes) is 3. The van der Waals surface area contributed by atoms with Gasteiger partial charge in [-0.05, 0) is 35.8 Å². The molecule has 1 fully saturated rings. The zero-order valence-electron chi connectivity index (χ0n) is 18.2. The first-order valence-electron chi connectivity index (χ1n) is 11.0. The molecule has 2 aromatic rings. The zero-order chi connectivity index (χ0) is 21.2. The van der Waals surface area contributed by atoms with Crippen LogP contribution in [0.3, 0.4) is 0 Å². The van der Waals surface area contributed by atoms with E-state index >= 15 is 0 Å². The predicted molar refractivity (Wildman–Crippen MR) is 122 cm³/mol. The van der Waals surface area contributed by atoms with Crippen LogP contribution >= 0.6 is 0 Å². The largest absolute Gasteiger partial charge is 0.493 e. The predicted octanol–water partition coefficient (Wildman–Crippen LogP) is 5.51. The molecule has 4 nitrogen and oxygen atoms in total. The van der Waals surface area contributed by atoms with Gasteiger partial charge < -0.3 is 9.47 Å². The van der Waals surface area contributed by atoms with Gasteiger partial charge in [-0.3, -0.25) is 9.69 Å². The number of likely N-dealkylation sites (tertiary alicyclic amines) is 1. The molecule has 0 unspecified atom stereocenters. The minimum atomic E-state index is 0.231. The van der Waals surface area contributed by atoms with E-state index in [0.717, 1.165) is 36.4 Å². The number of Topliss-reactive ketones (excluding diaryl/α,β-unsaturated/α-hetero) is 1. The van der Waals surface area contributed by atoms with Crippen LogP contribution in [0.5, 0.6) is 11.5 Å². The molecule has 0 bridgehead atoms. The smallest absolute Gasteiger partial charge is 0.161 e. The van der Waals surface area contributed by atoms with Crippen LogP contribution in [0.1, 0.15) is 50.2 Å². The van der Waals surface area contributed by atoms with Gasteiger partial charge in [0.2, 0.25) is 0 Å². The maximum absolute atomic E-state index is 12.5. The normalized spacial score (nSPS) is 16.1. The van der Waals surface area contributed by atoms with E-state index in [-0.39, 0.29) is 5.78 Å². The number of methoxy groups -OCH3 is 1.